The first kappa shape index (κ1) is 27.3. The van der Waals surface area contributed by atoms with E-state index in [0.29, 0.717) is 23.3 Å². The summed E-state index contributed by atoms with van der Waals surface area (Å²) in [5, 5.41) is 12.3. The zero-order valence-corrected chi connectivity index (χ0v) is 23.3. The van der Waals surface area contributed by atoms with Crippen molar-refractivity contribution in [2.75, 3.05) is 31.4 Å². The highest BCUT2D eigenvalue weighted by molar-refractivity contribution is 7.99. The van der Waals surface area contributed by atoms with Gasteiger partial charge in [0.25, 0.3) is 0 Å². The van der Waals surface area contributed by atoms with Crippen LogP contribution in [0.2, 0.25) is 0 Å². The summed E-state index contributed by atoms with van der Waals surface area (Å²) < 4.78 is 12.6. The Balaban J connectivity index is 1.33. The van der Waals surface area contributed by atoms with Gasteiger partial charge in [-0.25, -0.2) is 0 Å². The number of nitrogens with zero attached hydrogens (tertiary/aromatic N) is 4. The minimum Gasteiger partial charge on any atom is -0.497 e. The van der Waals surface area contributed by atoms with E-state index in [9.17, 15) is 9.59 Å². The van der Waals surface area contributed by atoms with E-state index in [-0.39, 0.29) is 30.5 Å². The summed E-state index contributed by atoms with van der Waals surface area (Å²) in [5.41, 5.74) is 3.77. The normalized spacial score (nSPS) is 12.5. The monoisotopic (exact) mass is 557 g/mol. The van der Waals surface area contributed by atoms with Crippen LogP contribution in [0.4, 0.5) is 5.69 Å². The highest BCUT2D eigenvalue weighted by Gasteiger charge is 2.24. The van der Waals surface area contributed by atoms with Crippen LogP contribution in [0.25, 0.3) is 5.69 Å². The van der Waals surface area contributed by atoms with Crippen LogP contribution in [-0.2, 0) is 29.0 Å². The average molecular weight is 558 g/mol. The molecule has 0 bridgehead atoms. The number of nitrogens with one attached hydrogen (secondary N) is 1. The average Bonchev–Trinajstić information content (AvgIpc) is 3.41. The lowest BCUT2D eigenvalue weighted by molar-refractivity contribution is -0.120. The fourth-order valence-corrected chi connectivity index (χ4v) is 5.57. The van der Waals surface area contributed by atoms with Crippen molar-refractivity contribution in [3.63, 3.8) is 0 Å². The van der Waals surface area contributed by atoms with Crippen LogP contribution in [-0.4, -0.2) is 53.1 Å². The molecule has 9 nitrogen and oxygen atoms in total. The molecule has 1 aromatic heterocycles. The highest BCUT2D eigenvalue weighted by Crippen LogP contribution is 2.31. The molecule has 1 aliphatic rings. The van der Waals surface area contributed by atoms with E-state index in [4.69, 9.17) is 9.47 Å². The van der Waals surface area contributed by atoms with Gasteiger partial charge in [0.2, 0.25) is 11.8 Å². The van der Waals surface area contributed by atoms with Crippen LogP contribution in [0, 0.1) is 0 Å². The van der Waals surface area contributed by atoms with Crippen molar-refractivity contribution >= 4 is 29.3 Å². The predicted octanol–water partition coefficient (Wildman–Crippen LogP) is 4.21. The highest BCUT2D eigenvalue weighted by atomic mass is 32.2. The lowest BCUT2D eigenvalue weighted by atomic mass is 10.0. The van der Waals surface area contributed by atoms with E-state index >= 15 is 0 Å². The van der Waals surface area contributed by atoms with Crippen molar-refractivity contribution in [3.05, 3.63) is 89.7 Å². The number of carbonyl (C=O) groups excluding carboxylic acids is 2. The van der Waals surface area contributed by atoms with Crippen molar-refractivity contribution in [2.24, 2.45) is 0 Å². The fraction of sp³-hybridized carbons (Fsp3) is 0.267. The van der Waals surface area contributed by atoms with Crippen LogP contribution in [0.5, 0.6) is 11.5 Å². The Morgan fingerprint density at radius 3 is 2.45 bits per heavy atom. The lowest BCUT2D eigenvalue weighted by Gasteiger charge is -2.29. The molecule has 0 radical (unpaired) electrons. The van der Waals surface area contributed by atoms with Crippen molar-refractivity contribution < 1.29 is 19.1 Å². The molecule has 0 aliphatic carbocycles. The molecule has 0 saturated carbocycles. The SMILES string of the molecule is COc1ccc(CC(=O)NCc2nnc(SCC(=O)N3CCCc4ccccc43)n2-c2ccccc2OC)cc1. The number of anilines is 1. The first-order valence-electron chi connectivity index (χ1n) is 13.1. The Labute approximate surface area is 237 Å². The molecule has 3 aromatic carbocycles. The number of fused-ring (bicyclic) bond motifs is 1. The van der Waals surface area contributed by atoms with Gasteiger partial charge in [-0.2, -0.15) is 0 Å². The van der Waals surface area contributed by atoms with Crippen molar-refractivity contribution in [1.29, 1.82) is 0 Å². The molecule has 5 rings (SSSR count). The number of hydrogen-bond acceptors (Lipinski definition) is 7. The van der Waals surface area contributed by atoms with E-state index in [1.165, 1.54) is 17.3 Å². The van der Waals surface area contributed by atoms with Crippen LogP contribution in [0.15, 0.2) is 78.0 Å². The van der Waals surface area contributed by atoms with Crippen LogP contribution < -0.4 is 19.7 Å². The predicted molar refractivity (Wildman–Crippen MR) is 154 cm³/mol. The molecule has 2 heterocycles. The van der Waals surface area contributed by atoms with Gasteiger partial charge in [-0.05, 0) is 54.3 Å². The topological polar surface area (TPSA) is 98.6 Å². The first-order valence-corrected chi connectivity index (χ1v) is 14.0. The Morgan fingerprint density at radius 2 is 1.68 bits per heavy atom. The number of methoxy groups -OCH3 is 2. The van der Waals surface area contributed by atoms with Gasteiger partial charge in [-0.1, -0.05) is 54.2 Å². The molecule has 0 fully saturated rings. The Bertz CT molecular complexity index is 1490. The summed E-state index contributed by atoms with van der Waals surface area (Å²) >= 11 is 1.32. The molecule has 1 aliphatic heterocycles. The zero-order chi connectivity index (χ0) is 27.9. The van der Waals surface area contributed by atoms with Gasteiger partial charge in [0.15, 0.2) is 11.0 Å². The number of rotatable bonds is 10. The molecule has 0 atom stereocenters. The quantitative estimate of drug-likeness (QED) is 0.292. The smallest absolute Gasteiger partial charge is 0.237 e. The lowest BCUT2D eigenvalue weighted by Crippen LogP contribution is -2.36. The van der Waals surface area contributed by atoms with Crippen molar-refractivity contribution in [1.82, 2.24) is 20.1 Å². The van der Waals surface area contributed by atoms with E-state index in [1.807, 2.05) is 76.2 Å². The van der Waals surface area contributed by atoms with Gasteiger partial charge in [-0.3, -0.25) is 14.2 Å². The van der Waals surface area contributed by atoms with E-state index < -0.39 is 0 Å². The Hall–Kier alpha value is -4.31. The summed E-state index contributed by atoms with van der Waals surface area (Å²) in [4.78, 5) is 27.9. The number of carbonyl (C=O) groups is 2. The van der Waals surface area contributed by atoms with Crippen LogP contribution in [0.3, 0.4) is 0 Å². The number of hydrogen-bond donors (Lipinski definition) is 1. The largest absolute Gasteiger partial charge is 0.497 e. The maximum atomic E-state index is 13.3. The Morgan fingerprint density at radius 1 is 0.925 bits per heavy atom. The minimum atomic E-state index is -0.145. The third-order valence-electron chi connectivity index (χ3n) is 6.73. The summed E-state index contributed by atoms with van der Waals surface area (Å²) in [6.07, 6.45) is 2.13. The number of aryl methyl sites for hydroxylation is 1. The summed E-state index contributed by atoms with van der Waals surface area (Å²) in [6.45, 7) is 0.856. The molecule has 4 aromatic rings. The van der Waals surface area contributed by atoms with E-state index in [2.05, 4.69) is 21.6 Å². The Kier molecular flexibility index (Phi) is 8.65. The fourth-order valence-electron chi connectivity index (χ4n) is 4.73. The molecule has 0 saturated heterocycles. The van der Waals surface area contributed by atoms with Gasteiger partial charge >= 0.3 is 0 Å². The van der Waals surface area contributed by atoms with Crippen LogP contribution >= 0.6 is 11.8 Å². The molecule has 0 spiro atoms. The van der Waals surface area contributed by atoms with E-state index in [1.54, 1.807) is 14.2 Å². The summed E-state index contributed by atoms with van der Waals surface area (Å²) in [5.74, 6) is 1.97. The number of para-hydroxylation sites is 3. The van der Waals surface area contributed by atoms with Gasteiger partial charge < -0.3 is 19.7 Å². The van der Waals surface area contributed by atoms with Crippen molar-refractivity contribution in [2.45, 2.75) is 31.0 Å². The maximum absolute atomic E-state index is 13.3. The molecule has 2 amide bonds. The molecule has 40 heavy (non-hydrogen) atoms. The maximum Gasteiger partial charge on any atom is 0.237 e. The number of ether oxygens (including phenoxy) is 2. The first-order chi connectivity index (χ1) is 19.6. The number of thioether (sulfide) groups is 1. The molecule has 10 heteroatoms. The molecular weight excluding hydrogens is 526 g/mol. The van der Waals surface area contributed by atoms with Gasteiger partial charge in [0.05, 0.1) is 38.6 Å². The van der Waals surface area contributed by atoms with Crippen molar-refractivity contribution in [3.8, 4) is 17.2 Å². The standard InChI is InChI=1S/C30H31N5O4S/c1-38-23-15-13-21(14-16-23)18-28(36)31-19-27-32-33-30(35(27)25-11-5-6-12-26(25)39-2)40-20-29(37)34-17-7-9-22-8-3-4-10-24(22)34/h3-6,8,10-16H,7,9,17-20H2,1-2H3,(H,31,36). The third kappa shape index (κ3) is 6.12. The van der Waals surface area contributed by atoms with Crippen LogP contribution in [0.1, 0.15) is 23.4 Å². The van der Waals surface area contributed by atoms with E-state index in [0.717, 1.165) is 35.5 Å². The number of benzene rings is 3. The summed E-state index contributed by atoms with van der Waals surface area (Å²) in [7, 11) is 3.21. The van der Waals surface area contributed by atoms with Gasteiger partial charge in [0, 0.05) is 12.2 Å². The number of aromatic nitrogens is 3. The molecule has 206 valence electrons. The summed E-state index contributed by atoms with van der Waals surface area (Å²) in [6, 6.07) is 23.0. The minimum absolute atomic E-state index is 0.0149. The van der Waals surface area contributed by atoms with Gasteiger partial charge in [0.1, 0.15) is 11.5 Å². The molecule has 0 unspecified atom stereocenters. The second-order valence-electron chi connectivity index (χ2n) is 9.27. The number of amides is 2. The second kappa shape index (κ2) is 12.7. The van der Waals surface area contributed by atoms with Gasteiger partial charge in [-0.15, -0.1) is 10.2 Å². The molecular formula is C30H31N5O4S. The second-order valence-corrected chi connectivity index (χ2v) is 10.2. The third-order valence-corrected chi connectivity index (χ3v) is 7.64. The molecule has 1 N–H and O–H groups in total. The zero-order valence-electron chi connectivity index (χ0n) is 22.5.